The Balaban J connectivity index is 2.60. The van der Waals surface area contributed by atoms with Crippen LogP contribution >= 0.6 is 0 Å². The minimum absolute atomic E-state index is 0.309. The summed E-state index contributed by atoms with van der Waals surface area (Å²) < 4.78 is 0. The molecule has 0 radical (unpaired) electrons. The fraction of sp³-hybridized carbons (Fsp3) is 0.889. The average Bonchev–Trinajstić information content (AvgIpc) is 1.93. The van der Waals surface area contributed by atoms with Crippen molar-refractivity contribution < 1.29 is 4.79 Å². The summed E-state index contributed by atoms with van der Waals surface area (Å²) in [6.45, 7) is 6.28. The van der Waals surface area contributed by atoms with E-state index < -0.39 is 0 Å². The van der Waals surface area contributed by atoms with Crippen LogP contribution in [0.2, 0.25) is 0 Å². The van der Waals surface area contributed by atoms with Crippen LogP contribution in [0.25, 0.3) is 0 Å². The van der Waals surface area contributed by atoms with Gasteiger partial charge in [0.1, 0.15) is 5.78 Å². The number of hydrogen-bond acceptors (Lipinski definition) is 1. The van der Waals surface area contributed by atoms with Crippen molar-refractivity contribution in [3.05, 3.63) is 0 Å². The second-order valence-electron chi connectivity index (χ2n) is 3.65. The van der Waals surface area contributed by atoms with Gasteiger partial charge in [-0.2, -0.15) is 0 Å². The van der Waals surface area contributed by atoms with Gasteiger partial charge in [0.2, 0.25) is 0 Å². The Kier molecular flexibility index (Phi) is 2.12. The summed E-state index contributed by atoms with van der Waals surface area (Å²) >= 11 is 0. The molecule has 1 aliphatic carbocycles. The molecule has 10 heavy (non-hydrogen) atoms. The topological polar surface area (TPSA) is 17.1 Å². The molecule has 0 bridgehead atoms. The third kappa shape index (κ3) is 1.23. The Morgan fingerprint density at radius 1 is 1.20 bits per heavy atom. The number of carbonyl (C=O) groups excluding carboxylic acids is 1. The van der Waals surface area contributed by atoms with E-state index >= 15 is 0 Å². The summed E-state index contributed by atoms with van der Waals surface area (Å²) in [4.78, 5) is 11.3. The van der Waals surface area contributed by atoms with E-state index in [9.17, 15) is 4.79 Å². The van der Waals surface area contributed by atoms with Gasteiger partial charge in [-0.3, -0.25) is 4.79 Å². The number of Topliss-reactive ketones (excluding diaryl/α,β-unsaturated/α-hetero) is 1. The quantitative estimate of drug-likeness (QED) is 0.504. The minimum Gasteiger partial charge on any atom is -0.299 e. The molecule has 1 unspecified atom stereocenters. The lowest BCUT2D eigenvalue weighted by molar-refractivity contribution is -0.129. The van der Waals surface area contributed by atoms with Gasteiger partial charge in [0.15, 0.2) is 0 Å². The van der Waals surface area contributed by atoms with Gasteiger partial charge in [0.05, 0.1) is 0 Å². The molecule has 1 aliphatic rings. The molecule has 0 aromatic carbocycles. The predicted molar refractivity (Wildman–Crippen MR) is 41.7 cm³/mol. The summed E-state index contributed by atoms with van der Waals surface area (Å²) in [5.41, 5.74) is 0. The summed E-state index contributed by atoms with van der Waals surface area (Å²) in [5, 5.41) is 0. The first kappa shape index (κ1) is 7.77. The van der Waals surface area contributed by atoms with Gasteiger partial charge in [-0.15, -0.1) is 0 Å². The first-order valence-corrected chi connectivity index (χ1v) is 4.16. The predicted octanol–water partition coefficient (Wildman–Crippen LogP) is 2.26. The molecule has 0 N–H and O–H groups in total. The van der Waals surface area contributed by atoms with Crippen molar-refractivity contribution in [2.24, 2.45) is 17.8 Å². The molecule has 58 valence electrons. The van der Waals surface area contributed by atoms with Crippen LogP contribution in [0.4, 0.5) is 0 Å². The van der Waals surface area contributed by atoms with Crippen LogP contribution in [0.3, 0.4) is 0 Å². The van der Waals surface area contributed by atoms with E-state index in [1.54, 1.807) is 0 Å². The van der Waals surface area contributed by atoms with Gasteiger partial charge in [-0.05, 0) is 18.8 Å². The monoisotopic (exact) mass is 140 g/mol. The lowest BCUT2D eigenvalue weighted by atomic mass is 9.76. The molecule has 0 aliphatic heterocycles. The third-order valence-corrected chi connectivity index (χ3v) is 2.84. The third-order valence-electron chi connectivity index (χ3n) is 2.84. The second-order valence-corrected chi connectivity index (χ2v) is 3.65. The van der Waals surface area contributed by atoms with E-state index in [1.165, 1.54) is 6.42 Å². The fourth-order valence-electron chi connectivity index (χ4n) is 1.63. The first-order chi connectivity index (χ1) is 4.63. The van der Waals surface area contributed by atoms with Crippen molar-refractivity contribution in [2.75, 3.05) is 0 Å². The van der Waals surface area contributed by atoms with E-state index in [2.05, 4.69) is 13.8 Å². The number of ketones is 1. The van der Waals surface area contributed by atoms with E-state index in [1.807, 2.05) is 6.92 Å². The highest BCUT2D eigenvalue weighted by atomic mass is 16.1. The highest BCUT2D eigenvalue weighted by Crippen LogP contribution is 2.29. The van der Waals surface area contributed by atoms with Crippen molar-refractivity contribution in [3.63, 3.8) is 0 Å². The molecule has 1 nitrogen and oxygen atoms in total. The van der Waals surface area contributed by atoms with Crippen molar-refractivity contribution >= 4 is 5.78 Å². The SMILES string of the molecule is CC1CC[C@H](C)[C@H](C)C1=O. The second kappa shape index (κ2) is 2.73. The normalized spacial score (nSPS) is 41.9. The summed E-state index contributed by atoms with van der Waals surface area (Å²) in [5.74, 6) is 1.72. The Bertz CT molecular complexity index is 140. The standard InChI is InChI=1S/C9H16O/c1-6-4-5-7(2)9(10)8(6)3/h6-8H,4-5H2,1-3H3/t6-,7?,8-/m0/s1. The van der Waals surface area contributed by atoms with Gasteiger partial charge < -0.3 is 0 Å². The maximum Gasteiger partial charge on any atom is 0.138 e. The van der Waals surface area contributed by atoms with Crippen LogP contribution in [0.1, 0.15) is 33.6 Å². The summed E-state index contributed by atoms with van der Waals surface area (Å²) in [6.07, 6.45) is 2.33. The zero-order valence-corrected chi connectivity index (χ0v) is 7.05. The molecule has 0 aromatic heterocycles. The van der Waals surface area contributed by atoms with Crippen LogP contribution in [0, 0.1) is 17.8 Å². The van der Waals surface area contributed by atoms with E-state index in [-0.39, 0.29) is 0 Å². The van der Waals surface area contributed by atoms with Crippen molar-refractivity contribution in [3.8, 4) is 0 Å². The maximum atomic E-state index is 11.3. The zero-order valence-electron chi connectivity index (χ0n) is 7.05. The van der Waals surface area contributed by atoms with Crippen molar-refractivity contribution in [1.29, 1.82) is 0 Å². The largest absolute Gasteiger partial charge is 0.299 e. The molecule has 1 heteroatoms. The van der Waals surface area contributed by atoms with Gasteiger partial charge in [0, 0.05) is 11.8 Å². The van der Waals surface area contributed by atoms with E-state index in [0.717, 1.165) is 6.42 Å². The lowest BCUT2D eigenvalue weighted by Crippen LogP contribution is -2.30. The Morgan fingerprint density at radius 3 is 2.30 bits per heavy atom. The molecular formula is C9H16O. The molecule has 0 heterocycles. The molecule has 1 rings (SSSR count). The molecule has 0 amide bonds. The molecule has 3 atom stereocenters. The van der Waals surface area contributed by atoms with Crippen molar-refractivity contribution in [1.82, 2.24) is 0 Å². The summed E-state index contributed by atoms with van der Waals surface area (Å²) in [6, 6.07) is 0. The lowest BCUT2D eigenvalue weighted by Gasteiger charge is -2.28. The van der Waals surface area contributed by atoms with Gasteiger partial charge in [0.25, 0.3) is 0 Å². The zero-order chi connectivity index (χ0) is 7.72. The number of hydrogen-bond donors (Lipinski definition) is 0. The van der Waals surface area contributed by atoms with Crippen LogP contribution in [-0.2, 0) is 4.79 Å². The number of carbonyl (C=O) groups is 1. The van der Waals surface area contributed by atoms with Crippen LogP contribution in [0.15, 0.2) is 0 Å². The molecule has 0 aromatic rings. The summed E-state index contributed by atoms with van der Waals surface area (Å²) in [7, 11) is 0. The van der Waals surface area contributed by atoms with E-state index in [0.29, 0.717) is 23.5 Å². The Morgan fingerprint density at radius 2 is 1.80 bits per heavy atom. The maximum absolute atomic E-state index is 11.3. The van der Waals surface area contributed by atoms with Gasteiger partial charge in [-0.25, -0.2) is 0 Å². The molecule has 0 spiro atoms. The Labute approximate surface area is 62.8 Å². The van der Waals surface area contributed by atoms with Crippen LogP contribution in [-0.4, -0.2) is 5.78 Å². The molecule has 1 fully saturated rings. The molecule has 1 saturated carbocycles. The number of rotatable bonds is 0. The smallest absolute Gasteiger partial charge is 0.138 e. The molecule has 0 saturated heterocycles. The first-order valence-electron chi connectivity index (χ1n) is 4.16. The van der Waals surface area contributed by atoms with Crippen LogP contribution in [0.5, 0.6) is 0 Å². The molecular weight excluding hydrogens is 124 g/mol. The fourth-order valence-corrected chi connectivity index (χ4v) is 1.63. The van der Waals surface area contributed by atoms with Crippen molar-refractivity contribution in [2.45, 2.75) is 33.6 Å². The highest BCUT2D eigenvalue weighted by Gasteiger charge is 2.29. The Hall–Kier alpha value is -0.330. The van der Waals surface area contributed by atoms with Gasteiger partial charge >= 0.3 is 0 Å². The highest BCUT2D eigenvalue weighted by molar-refractivity contribution is 5.83. The van der Waals surface area contributed by atoms with Crippen LogP contribution < -0.4 is 0 Å². The average molecular weight is 140 g/mol. The minimum atomic E-state index is 0.309. The van der Waals surface area contributed by atoms with Gasteiger partial charge in [-0.1, -0.05) is 20.8 Å². The van der Waals surface area contributed by atoms with E-state index in [4.69, 9.17) is 0 Å².